The van der Waals surface area contributed by atoms with Crippen LogP contribution in [0.4, 0.5) is 17.6 Å². The van der Waals surface area contributed by atoms with Gasteiger partial charge in [0.1, 0.15) is 23.3 Å². The van der Waals surface area contributed by atoms with Crippen molar-refractivity contribution in [3.05, 3.63) is 87.7 Å². The Morgan fingerprint density at radius 2 is 1.84 bits per heavy atom. The van der Waals surface area contributed by atoms with Crippen molar-refractivity contribution in [1.82, 2.24) is 14.8 Å². The molecule has 0 radical (unpaired) electrons. The van der Waals surface area contributed by atoms with E-state index in [1.54, 1.807) is 13.0 Å². The van der Waals surface area contributed by atoms with Crippen LogP contribution in [0.2, 0.25) is 0 Å². The average Bonchev–Trinajstić information content (AvgIpc) is 2.83. The van der Waals surface area contributed by atoms with Crippen molar-refractivity contribution in [2.24, 2.45) is 5.92 Å². The number of benzene rings is 2. The first-order valence-electron chi connectivity index (χ1n) is 12.0. The molecular formula is C27H27F4N3O3. The molecule has 2 N–H and O–H groups in total. The molecule has 1 aliphatic heterocycles. The Hall–Kier alpha value is -3.50. The number of fused-ring (bicyclic) bond motifs is 1. The van der Waals surface area contributed by atoms with Crippen molar-refractivity contribution in [2.45, 2.75) is 32.0 Å². The molecule has 3 aromatic rings. The maximum atomic E-state index is 14.2. The van der Waals surface area contributed by atoms with Crippen LogP contribution < -0.4 is 10.9 Å². The molecule has 0 bridgehead atoms. The summed E-state index contributed by atoms with van der Waals surface area (Å²) in [6, 6.07) is 6.82. The molecule has 0 saturated carbocycles. The predicted octanol–water partition coefficient (Wildman–Crippen LogP) is 4.02. The van der Waals surface area contributed by atoms with Gasteiger partial charge in [-0.05, 0) is 43.7 Å². The number of pyridine rings is 1. The molecule has 6 nitrogen and oxygen atoms in total. The van der Waals surface area contributed by atoms with Gasteiger partial charge in [0.15, 0.2) is 0 Å². The van der Waals surface area contributed by atoms with E-state index in [2.05, 4.69) is 5.32 Å². The number of aromatic nitrogens is 1. The SMILES string of the molecule is CC1[C@@H](C(=O)O)[C@H](NCC=Cc2cc(F)ccc2F)CCN1CCn1c(=O)ccc2c(F)cc(F)cc21. The first-order valence-corrected chi connectivity index (χ1v) is 12.0. The molecule has 37 heavy (non-hydrogen) atoms. The molecule has 1 aliphatic rings. The number of carboxylic acid groups (broad SMARTS) is 1. The van der Waals surface area contributed by atoms with Crippen molar-refractivity contribution >= 4 is 22.9 Å². The Kier molecular flexibility index (Phi) is 8.09. The summed E-state index contributed by atoms with van der Waals surface area (Å²) < 4.78 is 56.4. The number of aliphatic carboxylic acids is 1. The van der Waals surface area contributed by atoms with Gasteiger partial charge in [-0.3, -0.25) is 14.5 Å². The standard InChI is InChI=1S/C27H27F4N3O3/c1-16-26(27(36)37)23(32-9-2-3-17-13-18(28)4-6-21(17)30)8-10-33(16)11-12-34-24-15-19(29)14-22(31)20(24)5-7-25(34)35/h2-7,13-16,23,26,32H,8-12H2,1H3,(H,36,37)/t16?,23-,26-/m1/s1. The van der Waals surface area contributed by atoms with Gasteiger partial charge in [-0.15, -0.1) is 0 Å². The lowest BCUT2D eigenvalue weighted by Gasteiger charge is -2.42. The van der Waals surface area contributed by atoms with Crippen LogP contribution in [0.15, 0.2) is 53.3 Å². The van der Waals surface area contributed by atoms with Crippen LogP contribution in [0.1, 0.15) is 18.9 Å². The number of hydrogen-bond acceptors (Lipinski definition) is 4. The maximum absolute atomic E-state index is 14.2. The molecular weight excluding hydrogens is 490 g/mol. The van der Waals surface area contributed by atoms with Crippen LogP contribution in [0.25, 0.3) is 17.0 Å². The van der Waals surface area contributed by atoms with E-state index in [4.69, 9.17) is 0 Å². The molecule has 2 aromatic carbocycles. The molecule has 1 saturated heterocycles. The Bertz CT molecular complexity index is 1390. The molecule has 1 unspecified atom stereocenters. The number of piperidine rings is 1. The van der Waals surface area contributed by atoms with Crippen molar-refractivity contribution in [1.29, 1.82) is 0 Å². The number of carboxylic acids is 1. The van der Waals surface area contributed by atoms with Gasteiger partial charge in [-0.1, -0.05) is 12.2 Å². The number of likely N-dealkylation sites (tertiary alicyclic amines) is 1. The third-order valence-electron chi connectivity index (χ3n) is 6.93. The fraction of sp³-hybridized carbons (Fsp3) is 0.333. The van der Waals surface area contributed by atoms with Crippen molar-refractivity contribution < 1.29 is 27.5 Å². The summed E-state index contributed by atoms with van der Waals surface area (Å²) in [5.41, 5.74) is -0.160. The fourth-order valence-electron chi connectivity index (χ4n) is 5.00. The first kappa shape index (κ1) is 26.6. The largest absolute Gasteiger partial charge is 0.481 e. The van der Waals surface area contributed by atoms with Crippen molar-refractivity contribution in [2.75, 3.05) is 19.6 Å². The van der Waals surface area contributed by atoms with Crippen LogP contribution in [0.5, 0.6) is 0 Å². The summed E-state index contributed by atoms with van der Waals surface area (Å²) in [6.07, 6.45) is 3.55. The van der Waals surface area contributed by atoms with Crippen LogP contribution in [0, 0.1) is 29.2 Å². The second kappa shape index (κ2) is 11.3. The molecule has 0 amide bonds. The van der Waals surface area contributed by atoms with Gasteiger partial charge in [0.2, 0.25) is 0 Å². The highest BCUT2D eigenvalue weighted by molar-refractivity contribution is 5.79. The quantitative estimate of drug-likeness (QED) is 0.442. The van der Waals surface area contributed by atoms with Gasteiger partial charge in [-0.2, -0.15) is 0 Å². The highest BCUT2D eigenvalue weighted by atomic mass is 19.1. The Labute approximate surface area is 210 Å². The van der Waals surface area contributed by atoms with E-state index < -0.39 is 46.8 Å². The van der Waals surface area contributed by atoms with Crippen LogP contribution in [-0.4, -0.2) is 52.3 Å². The minimum Gasteiger partial charge on any atom is -0.481 e. The van der Waals surface area contributed by atoms with Crippen molar-refractivity contribution in [3.8, 4) is 0 Å². The topological polar surface area (TPSA) is 74.6 Å². The molecule has 3 atom stereocenters. The Morgan fingerprint density at radius 3 is 2.59 bits per heavy atom. The highest BCUT2D eigenvalue weighted by Gasteiger charge is 2.39. The van der Waals surface area contributed by atoms with E-state index in [0.29, 0.717) is 19.5 Å². The van der Waals surface area contributed by atoms with Gasteiger partial charge < -0.3 is 15.0 Å². The predicted molar refractivity (Wildman–Crippen MR) is 132 cm³/mol. The number of hydrogen-bond donors (Lipinski definition) is 2. The van der Waals surface area contributed by atoms with Crippen LogP contribution in [0.3, 0.4) is 0 Å². The molecule has 196 valence electrons. The number of halogens is 4. The molecule has 1 fully saturated rings. The smallest absolute Gasteiger partial charge is 0.309 e. The molecule has 0 spiro atoms. The van der Waals surface area contributed by atoms with E-state index in [1.807, 2.05) is 4.90 Å². The van der Waals surface area contributed by atoms with Gasteiger partial charge in [0, 0.05) is 61.3 Å². The van der Waals surface area contributed by atoms with Gasteiger partial charge >= 0.3 is 5.97 Å². The van der Waals surface area contributed by atoms with Gasteiger partial charge in [-0.25, -0.2) is 17.6 Å². The Morgan fingerprint density at radius 1 is 1.05 bits per heavy atom. The first-order chi connectivity index (χ1) is 17.7. The van der Waals surface area contributed by atoms with E-state index in [-0.39, 0.29) is 35.6 Å². The number of carbonyl (C=O) groups is 1. The maximum Gasteiger partial charge on any atom is 0.309 e. The highest BCUT2D eigenvalue weighted by Crippen LogP contribution is 2.25. The lowest BCUT2D eigenvalue weighted by molar-refractivity contribution is -0.147. The molecule has 10 heteroatoms. The summed E-state index contributed by atoms with van der Waals surface area (Å²) >= 11 is 0. The third kappa shape index (κ3) is 5.91. The van der Waals surface area contributed by atoms with Gasteiger partial charge in [0.25, 0.3) is 5.56 Å². The van der Waals surface area contributed by atoms with Gasteiger partial charge in [0.05, 0.1) is 11.4 Å². The monoisotopic (exact) mass is 517 g/mol. The summed E-state index contributed by atoms with van der Waals surface area (Å²) in [7, 11) is 0. The number of rotatable bonds is 8. The molecule has 1 aromatic heterocycles. The second-order valence-electron chi connectivity index (χ2n) is 9.16. The van der Waals surface area contributed by atoms with Crippen LogP contribution in [-0.2, 0) is 11.3 Å². The lowest BCUT2D eigenvalue weighted by atomic mass is 9.85. The minimum atomic E-state index is -0.985. The molecule has 2 heterocycles. The zero-order chi connectivity index (χ0) is 26.7. The van der Waals surface area contributed by atoms with Crippen LogP contribution >= 0.6 is 0 Å². The normalized spacial score (nSPS) is 20.6. The number of nitrogens with one attached hydrogen (secondary N) is 1. The molecule has 4 rings (SSSR count). The van der Waals surface area contributed by atoms with E-state index in [1.165, 1.54) is 22.8 Å². The molecule has 0 aliphatic carbocycles. The fourth-order valence-corrected chi connectivity index (χ4v) is 5.00. The average molecular weight is 518 g/mol. The zero-order valence-corrected chi connectivity index (χ0v) is 20.1. The Balaban J connectivity index is 1.42. The second-order valence-corrected chi connectivity index (χ2v) is 9.16. The van der Waals surface area contributed by atoms with E-state index in [0.717, 1.165) is 30.3 Å². The lowest BCUT2D eigenvalue weighted by Crippen LogP contribution is -2.57. The third-order valence-corrected chi connectivity index (χ3v) is 6.93. The summed E-state index contributed by atoms with van der Waals surface area (Å²) in [5, 5.41) is 13.2. The minimum absolute atomic E-state index is 0.100. The zero-order valence-electron chi connectivity index (χ0n) is 20.1. The van der Waals surface area contributed by atoms with E-state index >= 15 is 0 Å². The van der Waals surface area contributed by atoms with Crippen molar-refractivity contribution in [3.63, 3.8) is 0 Å². The summed E-state index contributed by atoms with van der Waals surface area (Å²) in [6.45, 7) is 3.03. The van der Waals surface area contributed by atoms with E-state index in [9.17, 15) is 32.3 Å². The summed E-state index contributed by atoms with van der Waals surface area (Å²) in [4.78, 5) is 26.5. The summed E-state index contributed by atoms with van der Waals surface area (Å²) in [5.74, 6) is -4.41. The number of nitrogens with zero attached hydrogens (tertiary/aromatic N) is 2.